The van der Waals surface area contributed by atoms with Gasteiger partial charge >= 0.3 is 0 Å². The summed E-state index contributed by atoms with van der Waals surface area (Å²) in [7, 11) is 0. The van der Waals surface area contributed by atoms with Crippen LogP contribution >= 0.6 is 11.8 Å². The Morgan fingerprint density at radius 2 is 1.95 bits per heavy atom. The molecule has 1 aromatic heterocycles. The van der Waals surface area contributed by atoms with Crippen molar-refractivity contribution in [1.29, 1.82) is 0 Å². The molecule has 0 amide bonds. The van der Waals surface area contributed by atoms with Gasteiger partial charge in [-0.2, -0.15) is 5.10 Å². The molecule has 0 spiro atoms. The largest absolute Gasteiger partial charge is 0.272 e. The van der Waals surface area contributed by atoms with Crippen LogP contribution in [-0.4, -0.2) is 10.2 Å². The molecule has 3 nitrogen and oxygen atoms in total. The Bertz CT molecular complexity index is 786. The van der Waals surface area contributed by atoms with Gasteiger partial charge < -0.3 is 0 Å². The van der Waals surface area contributed by atoms with Crippen molar-refractivity contribution < 1.29 is 4.39 Å². The molecule has 0 bridgehead atoms. The van der Waals surface area contributed by atoms with Crippen LogP contribution in [0.1, 0.15) is 0 Å². The number of rotatable bonds is 2. The second kappa shape index (κ2) is 4.85. The molecule has 5 heteroatoms. The van der Waals surface area contributed by atoms with E-state index < -0.39 is 5.82 Å². The first-order valence-electron chi connectivity index (χ1n) is 5.64. The van der Waals surface area contributed by atoms with Gasteiger partial charge in [0.1, 0.15) is 5.82 Å². The smallest absolute Gasteiger partial charge is 0.267 e. The van der Waals surface area contributed by atoms with Crippen LogP contribution in [0.2, 0.25) is 0 Å². The molecule has 19 heavy (non-hydrogen) atoms. The highest BCUT2D eigenvalue weighted by atomic mass is 32.2. The summed E-state index contributed by atoms with van der Waals surface area (Å²) >= 11 is 1.32. The maximum atomic E-state index is 14.0. The van der Waals surface area contributed by atoms with Crippen LogP contribution in [0.3, 0.4) is 0 Å². The third-order valence-electron chi connectivity index (χ3n) is 2.69. The van der Waals surface area contributed by atoms with Crippen molar-refractivity contribution in [2.75, 3.05) is 0 Å². The number of halogens is 1. The standard InChI is InChI=1S/C14H9FN2OS/c15-12-7-11-9(8-16-17-14(11)18)6-13(12)19-10-4-2-1-3-5-10/h1-8H,(H,17,18). The minimum Gasteiger partial charge on any atom is -0.267 e. The lowest BCUT2D eigenvalue weighted by molar-refractivity contribution is 0.604. The second-order valence-electron chi connectivity index (χ2n) is 3.98. The van der Waals surface area contributed by atoms with Gasteiger partial charge in [0.25, 0.3) is 5.56 Å². The molecular formula is C14H9FN2OS. The Hall–Kier alpha value is -2.14. The fraction of sp³-hybridized carbons (Fsp3) is 0. The SMILES string of the molecule is O=c1[nH]ncc2cc(Sc3ccccc3)c(F)cc12. The molecule has 2 aromatic carbocycles. The molecule has 0 aliphatic heterocycles. The third kappa shape index (κ3) is 2.37. The van der Waals surface area contributed by atoms with Crippen LogP contribution in [0.5, 0.6) is 0 Å². The van der Waals surface area contributed by atoms with Crippen LogP contribution in [-0.2, 0) is 0 Å². The molecule has 3 rings (SSSR count). The van der Waals surface area contributed by atoms with Crippen molar-refractivity contribution in [2.24, 2.45) is 0 Å². The zero-order valence-corrected chi connectivity index (χ0v) is 10.6. The van der Waals surface area contributed by atoms with Gasteiger partial charge in [-0.3, -0.25) is 4.79 Å². The average Bonchev–Trinajstić information content (AvgIpc) is 2.42. The molecule has 3 aromatic rings. The lowest BCUT2D eigenvalue weighted by Gasteiger charge is -2.04. The Morgan fingerprint density at radius 1 is 1.16 bits per heavy atom. The summed E-state index contributed by atoms with van der Waals surface area (Å²) in [5.74, 6) is -0.405. The number of H-pyrrole nitrogens is 1. The molecule has 0 radical (unpaired) electrons. The fourth-order valence-corrected chi connectivity index (χ4v) is 2.68. The number of nitrogens with zero attached hydrogens (tertiary/aromatic N) is 1. The summed E-state index contributed by atoms with van der Waals surface area (Å²) in [4.78, 5) is 12.9. The monoisotopic (exact) mass is 272 g/mol. The first kappa shape index (κ1) is 11.9. The minimum absolute atomic E-state index is 0.310. The number of benzene rings is 2. The maximum absolute atomic E-state index is 14.0. The van der Waals surface area contributed by atoms with E-state index >= 15 is 0 Å². The van der Waals surface area contributed by atoms with Crippen molar-refractivity contribution in [3.8, 4) is 0 Å². The summed E-state index contributed by atoms with van der Waals surface area (Å²) in [6.45, 7) is 0. The van der Waals surface area contributed by atoms with Gasteiger partial charge in [0.2, 0.25) is 0 Å². The van der Waals surface area contributed by atoms with Gasteiger partial charge in [0.05, 0.1) is 11.6 Å². The van der Waals surface area contributed by atoms with Crippen molar-refractivity contribution in [2.45, 2.75) is 9.79 Å². The summed E-state index contributed by atoms with van der Waals surface area (Å²) < 4.78 is 14.0. The van der Waals surface area contributed by atoms with E-state index in [0.29, 0.717) is 15.7 Å². The molecule has 1 heterocycles. The van der Waals surface area contributed by atoms with E-state index in [1.54, 1.807) is 6.07 Å². The fourth-order valence-electron chi connectivity index (χ4n) is 1.79. The van der Waals surface area contributed by atoms with Gasteiger partial charge in [0, 0.05) is 15.2 Å². The molecule has 0 fully saturated rings. The topological polar surface area (TPSA) is 45.8 Å². The number of aromatic amines is 1. The highest BCUT2D eigenvalue weighted by Gasteiger charge is 2.08. The highest BCUT2D eigenvalue weighted by molar-refractivity contribution is 7.99. The van der Waals surface area contributed by atoms with E-state index in [2.05, 4.69) is 10.2 Å². The van der Waals surface area contributed by atoms with Crippen LogP contribution in [0.15, 0.2) is 63.2 Å². The van der Waals surface area contributed by atoms with E-state index in [-0.39, 0.29) is 5.56 Å². The number of hydrogen-bond donors (Lipinski definition) is 1. The molecule has 0 saturated heterocycles. The number of nitrogens with one attached hydrogen (secondary N) is 1. The normalized spacial score (nSPS) is 10.8. The van der Waals surface area contributed by atoms with Crippen LogP contribution in [0.25, 0.3) is 10.8 Å². The van der Waals surface area contributed by atoms with E-state index in [9.17, 15) is 9.18 Å². The summed E-state index contributed by atoms with van der Waals surface area (Å²) in [6.07, 6.45) is 1.52. The van der Waals surface area contributed by atoms with Gasteiger partial charge in [-0.15, -0.1) is 0 Å². The molecule has 0 aliphatic rings. The Balaban J connectivity index is 2.10. The highest BCUT2D eigenvalue weighted by Crippen LogP contribution is 2.31. The third-order valence-corrected chi connectivity index (χ3v) is 3.73. The Kier molecular flexibility index (Phi) is 3.05. The van der Waals surface area contributed by atoms with E-state index in [1.807, 2.05) is 30.3 Å². The lowest BCUT2D eigenvalue weighted by Crippen LogP contribution is -2.07. The van der Waals surface area contributed by atoms with Crippen molar-refractivity contribution >= 4 is 22.5 Å². The quantitative estimate of drug-likeness (QED) is 0.779. The van der Waals surface area contributed by atoms with Gasteiger partial charge in [-0.05, 0) is 24.3 Å². The molecule has 0 atom stereocenters. The van der Waals surface area contributed by atoms with Crippen LogP contribution in [0, 0.1) is 5.82 Å². The maximum Gasteiger partial charge on any atom is 0.272 e. The summed E-state index contributed by atoms with van der Waals surface area (Å²) in [5.41, 5.74) is -0.382. The predicted molar refractivity (Wildman–Crippen MR) is 72.9 cm³/mol. The zero-order valence-electron chi connectivity index (χ0n) is 9.76. The van der Waals surface area contributed by atoms with Crippen molar-refractivity contribution in [3.63, 3.8) is 0 Å². The van der Waals surface area contributed by atoms with Crippen molar-refractivity contribution in [1.82, 2.24) is 10.2 Å². The average molecular weight is 272 g/mol. The van der Waals surface area contributed by atoms with Gasteiger partial charge in [-0.1, -0.05) is 30.0 Å². The van der Waals surface area contributed by atoms with Crippen LogP contribution in [0.4, 0.5) is 4.39 Å². The first-order chi connectivity index (χ1) is 9.24. The van der Waals surface area contributed by atoms with Crippen molar-refractivity contribution in [3.05, 3.63) is 64.8 Å². The molecule has 94 valence electrons. The second-order valence-corrected chi connectivity index (χ2v) is 5.10. The van der Waals surface area contributed by atoms with Crippen LogP contribution < -0.4 is 5.56 Å². The number of aromatic nitrogens is 2. The summed E-state index contributed by atoms with van der Waals surface area (Å²) in [5, 5.41) is 6.95. The predicted octanol–water partition coefficient (Wildman–Crippen LogP) is 3.21. The number of fused-ring (bicyclic) bond motifs is 1. The zero-order chi connectivity index (χ0) is 13.2. The molecular weight excluding hydrogens is 263 g/mol. The van der Waals surface area contributed by atoms with E-state index in [4.69, 9.17) is 0 Å². The van der Waals surface area contributed by atoms with E-state index in [1.165, 1.54) is 24.0 Å². The summed E-state index contributed by atoms with van der Waals surface area (Å²) in [6, 6.07) is 12.4. The molecule has 1 N–H and O–H groups in total. The van der Waals surface area contributed by atoms with Gasteiger partial charge in [-0.25, -0.2) is 9.49 Å². The van der Waals surface area contributed by atoms with E-state index in [0.717, 1.165) is 4.90 Å². The lowest BCUT2D eigenvalue weighted by atomic mass is 10.2. The Labute approximate surface area is 112 Å². The Morgan fingerprint density at radius 3 is 2.74 bits per heavy atom. The first-order valence-corrected chi connectivity index (χ1v) is 6.45. The minimum atomic E-state index is -0.405. The number of hydrogen-bond acceptors (Lipinski definition) is 3. The molecule has 0 unspecified atom stereocenters. The molecule has 0 aliphatic carbocycles. The van der Waals surface area contributed by atoms with Gasteiger partial charge in [0.15, 0.2) is 0 Å². The molecule has 0 saturated carbocycles.